The van der Waals surface area contributed by atoms with E-state index >= 15 is 0 Å². The van der Waals surface area contributed by atoms with Crippen molar-refractivity contribution in [3.8, 4) is 11.5 Å². The molecule has 134 valence electrons. The van der Waals surface area contributed by atoms with Gasteiger partial charge in [-0.2, -0.15) is 0 Å². The Labute approximate surface area is 148 Å². The molecule has 0 aromatic heterocycles. The van der Waals surface area contributed by atoms with E-state index < -0.39 is 6.10 Å². The lowest BCUT2D eigenvalue weighted by atomic mass is 10.1. The number of aliphatic hydroxyl groups excluding tert-OH is 1. The summed E-state index contributed by atoms with van der Waals surface area (Å²) in [7, 11) is 0. The fraction of sp³-hybridized carbons (Fsp3) is 0.400. The van der Waals surface area contributed by atoms with Crippen LogP contribution in [-0.2, 0) is 4.74 Å². The molecule has 0 saturated heterocycles. The molecule has 0 unspecified atom stereocenters. The fourth-order valence-corrected chi connectivity index (χ4v) is 2.80. The average Bonchev–Trinajstić information content (AvgIpc) is 2.66. The van der Waals surface area contributed by atoms with E-state index in [1.165, 1.54) is 5.56 Å². The third kappa shape index (κ3) is 5.19. The Kier molecular flexibility index (Phi) is 6.28. The van der Waals surface area contributed by atoms with Gasteiger partial charge in [0.2, 0.25) is 0 Å². The number of fused-ring (bicyclic) bond motifs is 1. The second-order valence-electron chi connectivity index (χ2n) is 6.36. The quantitative estimate of drug-likeness (QED) is 0.762. The molecule has 2 aromatic carbocycles. The summed E-state index contributed by atoms with van der Waals surface area (Å²) in [6.07, 6.45) is -0.655. The Morgan fingerprint density at radius 3 is 2.64 bits per heavy atom. The van der Waals surface area contributed by atoms with Crippen molar-refractivity contribution < 1.29 is 24.6 Å². The molecule has 5 nitrogen and oxygen atoms in total. The molecule has 3 N–H and O–H groups in total. The highest BCUT2D eigenvalue weighted by atomic mass is 16.6. The van der Waals surface area contributed by atoms with Crippen LogP contribution in [0.5, 0.6) is 11.5 Å². The van der Waals surface area contributed by atoms with Crippen LogP contribution in [0.25, 0.3) is 0 Å². The number of hydrogen-bond acceptors (Lipinski definition) is 4. The molecule has 1 aliphatic heterocycles. The summed E-state index contributed by atoms with van der Waals surface area (Å²) >= 11 is 0. The van der Waals surface area contributed by atoms with Gasteiger partial charge in [-0.15, -0.1) is 0 Å². The third-order valence-corrected chi connectivity index (χ3v) is 4.27. The molecule has 0 bridgehead atoms. The summed E-state index contributed by atoms with van der Waals surface area (Å²) in [6, 6.07) is 18.2. The zero-order chi connectivity index (χ0) is 17.5. The molecule has 0 aliphatic carbocycles. The number of quaternary nitrogens is 1. The number of para-hydroxylation sites is 2. The Bertz CT molecular complexity index is 649. The number of ether oxygens (including phenoxy) is 3. The van der Waals surface area contributed by atoms with E-state index in [1.807, 2.05) is 42.5 Å². The Morgan fingerprint density at radius 2 is 1.84 bits per heavy atom. The monoisotopic (exact) mass is 344 g/mol. The minimum absolute atomic E-state index is 0.144. The molecule has 2 aromatic rings. The minimum Gasteiger partial charge on any atom is -0.486 e. The molecular weight excluding hydrogens is 318 g/mol. The van der Waals surface area contributed by atoms with Crippen molar-refractivity contribution in [3.63, 3.8) is 0 Å². The Morgan fingerprint density at radius 1 is 1.12 bits per heavy atom. The van der Waals surface area contributed by atoms with E-state index in [1.54, 1.807) is 0 Å². The highest BCUT2D eigenvalue weighted by molar-refractivity contribution is 5.40. The van der Waals surface area contributed by atoms with Gasteiger partial charge in [0.15, 0.2) is 17.6 Å². The maximum absolute atomic E-state index is 10.1. The first-order valence-electron chi connectivity index (χ1n) is 8.75. The van der Waals surface area contributed by atoms with Crippen molar-refractivity contribution in [2.24, 2.45) is 0 Å². The van der Waals surface area contributed by atoms with Crippen molar-refractivity contribution in [1.82, 2.24) is 0 Å². The van der Waals surface area contributed by atoms with Crippen molar-refractivity contribution in [1.29, 1.82) is 0 Å². The van der Waals surface area contributed by atoms with Crippen LogP contribution in [0.4, 0.5) is 0 Å². The largest absolute Gasteiger partial charge is 0.486 e. The number of hydrogen-bond donors (Lipinski definition) is 2. The second kappa shape index (κ2) is 8.85. The SMILES string of the molecule is C[C@@H]([NH2+]C[C@@H](O)COC[C@@H]1COc2ccccc2O1)c1ccccc1. The third-order valence-electron chi connectivity index (χ3n) is 4.27. The molecule has 0 saturated carbocycles. The van der Waals surface area contributed by atoms with E-state index in [9.17, 15) is 5.11 Å². The molecule has 5 heteroatoms. The summed E-state index contributed by atoms with van der Waals surface area (Å²) < 4.78 is 17.1. The van der Waals surface area contributed by atoms with Gasteiger partial charge in [0.25, 0.3) is 0 Å². The van der Waals surface area contributed by atoms with E-state index in [-0.39, 0.29) is 6.10 Å². The summed E-state index contributed by atoms with van der Waals surface area (Å²) in [5.41, 5.74) is 1.25. The number of benzene rings is 2. The Hall–Kier alpha value is -2.08. The smallest absolute Gasteiger partial charge is 0.161 e. The standard InChI is InChI=1S/C20H25NO4/c1-15(16-7-3-2-4-8-16)21-11-17(22)12-23-13-18-14-24-19-9-5-6-10-20(19)25-18/h2-10,15,17-18,21-22H,11-14H2,1H3/p+1/t15-,17-,18-/m1/s1. The van der Waals surface area contributed by atoms with Crippen molar-refractivity contribution in [2.45, 2.75) is 25.2 Å². The van der Waals surface area contributed by atoms with Crippen LogP contribution in [0, 0.1) is 0 Å². The van der Waals surface area contributed by atoms with E-state index in [2.05, 4.69) is 24.4 Å². The average molecular weight is 344 g/mol. The molecule has 3 atom stereocenters. The van der Waals surface area contributed by atoms with E-state index in [4.69, 9.17) is 14.2 Å². The number of aliphatic hydroxyl groups is 1. The summed E-state index contributed by atoms with van der Waals surface area (Å²) in [6.45, 7) is 3.89. The van der Waals surface area contributed by atoms with Crippen molar-refractivity contribution >= 4 is 0 Å². The van der Waals surface area contributed by atoms with Gasteiger partial charge in [-0.25, -0.2) is 0 Å². The lowest BCUT2D eigenvalue weighted by molar-refractivity contribution is -0.698. The summed E-state index contributed by atoms with van der Waals surface area (Å²) in [5.74, 6) is 1.51. The van der Waals surface area contributed by atoms with Gasteiger partial charge in [-0.3, -0.25) is 0 Å². The predicted octanol–water partition coefficient (Wildman–Crippen LogP) is 1.53. The van der Waals surface area contributed by atoms with Crippen LogP contribution in [0.15, 0.2) is 54.6 Å². The second-order valence-corrected chi connectivity index (χ2v) is 6.36. The van der Waals surface area contributed by atoms with Gasteiger partial charge in [0.05, 0.1) is 13.2 Å². The van der Waals surface area contributed by atoms with Crippen LogP contribution in [0.2, 0.25) is 0 Å². The number of nitrogens with two attached hydrogens (primary N) is 1. The summed E-state index contributed by atoms with van der Waals surface area (Å²) in [5, 5.41) is 12.2. The number of rotatable bonds is 8. The van der Waals surface area contributed by atoms with Gasteiger partial charge in [0, 0.05) is 5.56 Å². The van der Waals surface area contributed by atoms with Crippen molar-refractivity contribution in [3.05, 3.63) is 60.2 Å². The topological polar surface area (TPSA) is 64.5 Å². The zero-order valence-electron chi connectivity index (χ0n) is 14.5. The molecule has 1 aliphatic rings. The highest BCUT2D eigenvalue weighted by Crippen LogP contribution is 2.30. The van der Waals surface area contributed by atoms with Gasteiger partial charge in [0.1, 0.15) is 25.3 Å². The molecule has 0 amide bonds. The molecule has 1 heterocycles. The van der Waals surface area contributed by atoms with Crippen LogP contribution in [-0.4, -0.2) is 43.7 Å². The summed E-state index contributed by atoms with van der Waals surface area (Å²) in [4.78, 5) is 0. The molecule has 25 heavy (non-hydrogen) atoms. The Balaban J connectivity index is 1.34. The van der Waals surface area contributed by atoms with Gasteiger partial charge in [-0.05, 0) is 19.1 Å². The molecule has 0 fully saturated rings. The molecule has 0 radical (unpaired) electrons. The maximum atomic E-state index is 10.1. The highest BCUT2D eigenvalue weighted by Gasteiger charge is 2.21. The molecular formula is C20H26NO4+. The van der Waals surface area contributed by atoms with Gasteiger partial charge >= 0.3 is 0 Å². The van der Waals surface area contributed by atoms with Crippen LogP contribution in [0.3, 0.4) is 0 Å². The molecule has 0 spiro atoms. The van der Waals surface area contributed by atoms with E-state index in [0.717, 1.165) is 11.5 Å². The maximum Gasteiger partial charge on any atom is 0.161 e. The first-order valence-corrected chi connectivity index (χ1v) is 8.75. The first-order chi connectivity index (χ1) is 12.2. The van der Waals surface area contributed by atoms with Crippen molar-refractivity contribution in [2.75, 3.05) is 26.4 Å². The van der Waals surface area contributed by atoms with Gasteiger partial charge < -0.3 is 24.6 Å². The normalized spacial score (nSPS) is 18.6. The van der Waals surface area contributed by atoms with E-state index in [0.29, 0.717) is 32.4 Å². The first kappa shape index (κ1) is 17.7. The van der Waals surface area contributed by atoms with Crippen LogP contribution < -0.4 is 14.8 Å². The molecule has 3 rings (SSSR count). The lowest BCUT2D eigenvalue weighted by Gasteiger charge is -2.26. The van der Waals surface area contributed by atoms with Crippen LogP contribution >= 0.6 is 0 Å². The minimum atomic E-state index is -0.511. The predicted molar refractivity (Wildman–Crippen MR) is 94.8 cm³/mol. The zero-order valence-corrected chi connectivity index (χ0v) is 14.5. The van der Waals surface area contributed by atoms with Gasteiger partial charge in [-0.1, -0.05) is 42.5 Å². The lowest BCUT2D eigenvalue weighted by Crippen LogP contribution is -2.87. The van der Waals surface area contributed by atoms with Crippen LogP contribution in [0.1, 0.15) is 18.5 Å². The fourth-order valence-electron chi connectivity index (χ4n) is 2.80.